The number of nitrogens with one attached hydrogen (secondary N) is 2. The van der Waals surface area contributed by atoms with Crippen LogP contribution in [-0.2, 0) is 0 Å². The van der Waals surface area contributed by atoms with Gasteiger partial charge in [-0.05, 0) is 17.1 Å². The van der Waals surface area contributed by atoms with Crippen molar-refractivity contribution in [3.63, 3.8) is 0 Å². The number of urea groups is 1. The first-order chi connectivity index (χ1) is 10.8. The molecule has 1 heterocycles. The number of para-hydroxylation sites is 2. The Morgan fingerprint density at radius 2 is 1.64 bits per heavy atom. The van der Waals surface area contributed by atoms with Crippen LogP contribution in [0.15, 0.2) is 59.6 Å². The molecule has 0 aliphatic heterocycles. The minimum absolute atomic E-state index is 0.243. The lowest BCUT2D eigenvalue weighted by Gasteiger charge is -2.12. The van der Waals surface area contributed by atoms with Crippen LogP contribution in [0.25, 0.3) is 21.8 Å². The number of amides is 2. The molecule has 0 aliphatic rings. The number of fused-ring (bicyclic) bond motifs is 2. The molecule has 3 aromatic rings. The van der Waals surface area contributed by atoms with Gasteiger partial charge in [0.25, 0.3) is 0 Å². The molecule has 2 aromatic carbocycles. The van der Waals surface area contributed by atoms with Gasteiger partial charge in [0.05, 0.1) is 16.7 Å². The summed E-state index contributed by atoms with van der Waals surface area (Å²) in [7, 11) is 0. The van der Waals surface area contributed by atoms with E-state index in [9.17, 15) is 4.79 Å². The first kappa shape index (κ1) is 14.5. The topological polar surface area (TPSA) is 54.0 Å². The maximum absolute atomic E-state index is 12.1. The van der Waals surface area contributed by atoms with E-state index in [-0.39, 0.29) is 6.03 Å². The number of rotatable bonds is 3. The van der Waals surface area contributed by atoms with Gasteiger partial charge in [-0.2, -0.15) is 0 Å². The van der Waals surface area contributed by atoms with Gasteiger partial charge in [0.1, 0.15) is 0 Å². The van der Waals surface area contributed by atoms with E-state index in [4.69, 9.17) is 0 Å². The van der Waals surface area contributed by atoms with Crippen molar-refractivity contribution >= 4 is 49.5 Å². The standard InChI is InChI=1S/C17H14BrN3O/c18-10-5-11-19-17(22)21-16-12-6-1-3-8-14(12)20-15-9-4-2-7-13(15)16/h1-10H,11H2,(H2,19,20,21,22)/b10-5+. The maximum atomic E-state index is 12.1. The highest BCUT2D eigenvalue weighted by Crippen LogP contribution is 2.30. The third-order valence-electron chi connectivity index (χ3n) is 3.30. The van der Waals surface area contributed by atoms with Crippen LogP contribution < -0.4 is 10.6 Å². The molecule has 0 unspecified atom stereocenters. The summed E-state index contributed by atoms with van der Waals surface area (Å²) in [4.78, 5) is 18.4. The molecule has 0 bridgehead atoms. The highest BCUT2D eigenvalue weighted by Gasteiger charge is 2.10. The summed E-state index contributed by atoms with van der Waals surface area (Å²) in [6.45, 7) is 0.456. The molecule has 4 nitrogen and oxygen atoms in total. The molecule has 0 saturated heterocycles. The van der Waals surface area contributed by atoms with Crippen molar-refractivity contribution < 1.29 is 4.79 Å². The van der Waals surface area contributed by atoms with Gasteiger partial charge in [-0.1, -0.05) is 58.4 Å². The molecule has 0 spiro atoms. The Labute approximate surface area is 136 Å². The molecule has 0 fully saturated rings. The van der Waals surface area contributed by atoms with Gasteiger partial charge in [-0.25, -0.2) is 9.78 Å². The third-order valence-corrected chi connectivity index (χ3v) is 3.67. The number of hydrogen-bond donors (Lipinski definition) is 2. The monoisotopic (exact) mass is 355 g/mol. The van der Waals surface area contributed by atoms with Gasteiger partial charge in [0, 0.05) is 17.3 Å². The smallest absolute Gasteiger partial charge is 0.319 e. The molecular weight excluding hydrogens is 342 g/mol. The van der Waals surface area contributed by atoms with Gasteiger partial charge >= 0.3 is 6.03 Å². The maximum Gasteiger partial charge on any atom is 0.319 e. The summed E-state index contributed by atoms with van der Waals surface area (Å²) in [6, 6.07) is 15.3. The van der Waals surface area contributed by atoms with Crippen LogP contribution in [-0.4, -0.2) is 17.6 Å². The lowest BCUT2D eigenvalue weighted by atomic mass is 10.1. The van der Waals surface area contributed by atoms with E-state index in [0.717, 1.165) is 27.5 Å². The van der Waals surface area contributed by atoms with E-state index in [1.807, 2.05) is 54.6 Å². The van der Waals surface area contributed by atoms with Gasteiger partial charge in [0.15, 0.2) is 0 Å². The van der Waals surface area contributed by atoms with Crippen LogP contribution in [0.5, 0.6) is 0 Å². The van der Waals surface area contributed by atoms with Crippen LogP contribution in [0, 0.1) is 0 Å². The fourth-order valence-corrected chi connectivity index (χ4v) is 2.52. The fourth-order valence-electron chi connectivity index (χ4n) is 2.33. The lowest BCUT2D eigenvalue weighted by Crippen LogP contribution is -2.28. The van der Waals surface area contributed by atoms with E-state index in [1.165, 1.54) is 0 Å². The molecule has 0 atom stereocenters. The first-order valence-electron chi connectivity index (χ1n) is 6.87. The van der Waals surface area contributed by atoms with Crippen molar-refractivity contribution in [3.8, 4) is 0 Å². The van der Waals surface area contributed by atoms with E-state index in [1.54, 1.807) is 4.99 Å². The highest BCUT2D eigenvalue weighted by molar-refractivity contribution is 9.11. The number of carbonyl (C=O) groups is 1. The van der Waals surface area contributed by atoms with Crippen molar-refractivity contribution in [2.45, 2.75) is 0 Å². The Morgan fingerprint density at radius 3 is 2.23 bits per heavy atom. The molecular formula is C17H14BrN3O. The third kappa shape index (κ3) is 2.94. The van der Waals surface area contributed by atoms with Crippen LogP contribution in [0.4, 0.5) is 10.5 Å². The van der Waals surface area contributed by atoms with E-state index in [2.05, 4.69) is 31.5 Å². The highest BCUT2D eigenvalue weighted by atomic mass is 79.9. The Hall–Kier alpha value is -2.40. The molecule has 2 amide bonds. The second-order valence-corrected chi connectivity index (χ2v) is 5.25. The summed E-state index contributed by atoms with van der Waals surface area (Å²) in [6.07, 6.45) is 1.81. The fraction of sp³-hybridized carbons (Fsp3) is 0.0588. The van der Waals surface area contributed by atoms with Crippen molar-refractivity contribution in [2.24, 2.45) is 0 Å². The quantitative estimate of drug-likeness (QED) is 0.683. The van der Waals surface area contributed by atoms with Crippen molar-refractivity contribution in [3.05, 3.63) is 59.6 Å². The zero-order valence-corrected chi connectivity index (χ0v) is 13.3. The van der Waals surface area contributed by atoms with Gasteiger partial charge < -0.3 is 10.6 Å². The number of aromatic nitrogens is 1. The predicted molar refractivity (Wildman–Crippen MR) is 94.3 cm³/mol. The van der Waals surface area contributed by atoms with Crippen LogP contribution >= 0.6 is 15.9 Å². The number of anilines is 1. The number of halogens is 1. The number of benzene rings is 2. The Morgan fingerprint density at radius 1 is 1.05 bits per heavy atom. The van der Waals surface area contributed by atoms with Crippen LogP contribution in [0.2, 0.25) is 0 Å². The van der Waals surface area contributed by atoms with Gasteiger partial charge in [0.2, 0.25) is 0 Å². The molecule has 22 heavy (non-hydrogen) atoms. The zero-order valence-electron chi connectivity index (χ0n) is 11.7. The number of carbonyl (C=O) groups excluding carboxylic acids is 1. The number of pyridine rings is 1. The second-order valence-electron chi connectivity index (χ2n) is 4.72. The van der Waals surface area contributed by atoms with E-state index >= 15 is 0 Å². The minimum Gasteiger partial charge on any atom is -0.334 e. The minimum atomic E-state index is -0.243. The molecule has 110 valence electrons. The molecule has 0 radical (unpaired) electrons. The average molecular weight is 356 g/mol. The predicted octanol–water partition coefficient (Wildman–Crippen LogP) is 4.42. The van der Waals surface area contributed by atoms with Gasteiger partial charge in [-0.15, -0.1) is 0 Å². The average Bonchev–Trinajstić information content (AvgIpc) is 2.55. The SMILES string of the molecule is O=C(NC/C=C/Br)Nc1c2ccccc2nc2ccccc12. The lowest BCUT2D eigenvalue weighted by molar-refractivity contribution is 0.253. The van der Waals surface area contributed by atoms with Crippen LogP contribution in [0.1, 0.15) is 0 Å². The van der Waals surface area contributed by atoms with Gasteiger partial charge in [-0.3, -0.25) is 0 Å². The normalized spacial score (nSPS) is 11.1. The Bertz CT molecular complexity index is 807. The van der Waals surface area contributed by atoms with E-state index in [0.29, 0.717) is 6.54 Å². The largest absolute Gasteiger partial charge is 0.334 e. The van der Waals surface area contributed by atoms with E-state index < -0.39 is 0 Å². The molecule has 0 aliphatic carbocycles. The summed E-state index contributed by atoms with van der Waals surface area (Å²) in [5, 5.41) is 7.57. The molecule has 3 rings (SSSR count). The molecule has 2 N–H and O–H groups in total. The molecule has 1 aromatic heterocycles. The Balaban J connectivity index is 2.06. The molecule has 5 heteroatoms. The summed E-state index contributed by atoms with van der Waals surface area (Å²) in [5.41, 5.74) is 2.50. The summed E-state index contributed by atoms with van der Waals surface area (Å²) in [5.74, 6) is 0. The number of hydrogen-bond acceptors (Lipinski definition) is 2. The number of nitrogens with zero attached hydrogens (tertiary/aromatic N) is 1. The van der Waals surface area contributed by atoms with Crippen molar-refractivity contribution in [1.29, 1.82) is 0 Å². The Kier molecular flexibility index (Phi) is 4.34. The first-order valence-corrected chi connectivity index (χ1v) is 7.79. The summed E-state index contributed by atoms with van der Waals surface area (Å²) < 4.78 is 0. The summed E-state index contributed by atoms with van der Waals surface area (Å²) >= 11 is 3.17. The van der Waals surface area contributed by atoms with Crippen LogP contribution in [0.3, 0.4) is 0 Å². The van der Waals surface area contributed by atoms with Crippen molar-refractivity contribution in [2.75, 3.05) is 11.9 Å². The second kappa shape index (κ2) is 6.58. The molecule has 0 saturated carbocycles. The van der Waals surface area contributed by atoms with Crippen molar-refractivity contribution in [1.82, 2.24) is 10.3 Å². The zero-order chi connectivity index (χ0) is 15.4.